The predicted octanol–water partition coefficient (Wildman–Crippen LogP) is 6.94. The van der Waals surface area contributed by atoms with Crippen LogP contribution in [0.2, 0.25) is 0 Å². The molecule has 0 saturated heterocycles. The minimum absolute atomic E-state index is 0.00520. The van der Waals surface area contributed by atoms with Gasteiger partial charge in [0.1, 0.15) is 24.0 Å². The van der Waals surface area contributed by atoms with Crippen molar-refractivity contribution in [2.24, 2.45) is 0 Å². The van der Waals surface area contributed by atoms with Crippen LogP contribution in [0.5, 0.6) is 5.75 Å². The lowest BCUT2D eigenvalue weighted by molar-refractivity contribution is -0.112. The quantitative estimate of drug-likeness (QED) is 0.181. The molecule has 0 radical (unpaired) electrons. The molecule has 1 N–H and O–H groups in total. The highest BCUT2D eigenvalue weighted by Gasteiger charge is 2.13. The van der Waals surface area contributed by atoms with Gasteiger partial charge in [0, 0.05) is 9.26 Å². The Bertz CT molecular complexity index is 1120. The van der Waals surface area contributed by atoms with Gasteiger partial charge in [-0.15, -0.1) is 0 Å². The third-order valence-electron chi connectivity index (χ3n) is 4.01. The van der Waals surface area contributed by atoms with Gasteiger partial charge in [0.25, 0.3) is 5.91 Å². The largest absolute Gasteiger partial charge is 0.487 e. The Hall–Kier alpha value is -2.15. The number of halogens is 3. The summed E-state index contributed by atoms with van der Waals surface area (Å²) in [4.78, 5) is 12.5. The number of ether oxygens (including phenoxy) is 1. The average Bonchev–Trinajstić information content (AvgIpc) is 2.72. The van der Waals surface area contributed by atoms with Crippen LogP contribution in [0.25, 0.3) is 6.08 Å². The van der Waals surface area contributed by atoms with E-state index in [9.17, 15) is 10.1 Å². The molecule has 0 atom stereocenters. The molecule has 30 heavy (non-hydrogen) atoms. The third-order valence-corrected chi connectivity index (χ3v) is 5.85. The van der Waals surface area contributed by atoms with Gasteiger partial charge in [-0.3, -0.25) is 4.79 Å². The highest BCUT2D eigenvalue weighted by molar-refractivity contribution is 14.1. The van der Waals surface area contributed by atoms with Crippen molar-refractivity contribution >= 4 is 72.1 Å². The number of benzene rings is 3. The number of rotatable bonds is 6. The first kappa shape index (κ1) is 22.5. The molecule has 3 rings (SSSR count). The van der Waals surface area contributed by atoms with Gasteiger partial charge in [0.2, 0.25) is 0 Å². The van der Waals surface area contributed by atoms with Crippen LogP contribution in [-0.2, 0) is 11.4 Å². The number of hydrogen-bond donors (Lipinski definition) is 1. The highest BCUT2D eigenvalue weighted by Crippen LogP contribution is 2.36. The van der Waals surface area contributed by atoms with E-state index in [1.54, 1.807) is 24.3 Å². The molecule has 4 nitrogen and oxygen atoms in total. The van der Waals surface area contributed by atoms with Crippen molar-refractivity contribution in [1.29, 1.82) is 5.26 Å². The maximum atomic E-state index is 12.5. The van der Waals surface area contributed by atoms with E-state index in [1.165, 1.54) is 0 Å². The average molecular weight is 638 g/mol. The Morgan fingerprint density at radius 3 is 2.40 bits per heavy atom. The van der Waals surface area contributed by atoms with E-state index in [0.29, 0.717) is 23.6 Å². The van der Waals surface area contributed by atoms with Gasteiger partial charge in [-0.05, 0) is 102 Å². The van der Waals surface area contributed by atoms with Crippen molar-refractivity contribution < 1.29 is 9.53 Å². The number of nitriles is 1. The summed E-state index contributed by atoms with van der Waals surface area (Å²) < 4.78 is 8.34. The smallest absolute Gasteiger partial charge is 0.266 e. The standard InChI is InChI=1S/C23H15Br2IN2O2/c24-20-10-16(11-21(25)22(20)30-14-15-5-2-1-3-6-15)9-17(13-27)23(29)28-19-8-4-7-18(26)12-19/h1-12H,14H2,(H,28,29)/b17-9+. The van der Waals surface area contributed by atoms with Gasteiger partial charge in [-0.1, -0.05) is 36.4 Å². The zero-order valence-electron chi connectivity index (χ0n) is 15.5. The van der Waals surface area contributed by atoms with Crippen LogP contribution in [-0.4, -0.2) is 5.91 Å². The Morgan fingerprint density at radius 1 is 1.07 bits per heavy atom. The van der Waals surface area contributed by atoms with Gasteiger partial charge in [0.15, 0.2) is 0 Å². The number of carbonyl (C=O) groups is 1. The van der Waals surface area contributed by atoms with E-state index in [2.05, 4.69) is 59.8 Å². The third kappa shape index (κ3) is 6.17. The summed E-state index contributed by atoms with van der Waals surface area (Å²) in [5.74, 6) is 0.189. The van der Waals surface area contributed by atoms with Gasteiger partial charge >= 0.3 is 0 Å². The number of carbonyl (C=O) groups excluding carboxylic acids is 1. The summed E-state index contributed by atoms with van der Waals surface area (Å²) >= 11 is 9.19. The Morgan fingerprint density at radius 2 is 1.77 bits per heavy atom. The number of nitrogens with zero attached hydrogens (tertiary/aromatic N) is 1. The molecule has 0 saturated carbocycles. The molecule has 0 bridgehead atoms. The first-order valence-corrected chi connectivity index (χ1v) is 11.5. The number of anilines is 1. The molecule has 0 aliphatic rings. The molecule has 0 aliphatic carbocycles. The van der Waals surface area contributed by atoms with Crippen molar-refractivity contribution in [2.45, 2.75) is 6.61 Å². The van der Waals surface area contributed by atoms with E-state index in [0.717, 1.165) is 18.1 Å². The van der Waals surface area contributed by atoms with E-state index < -0.39 is 5.91 Å². The molecule has 3 aromatic rings. The molecule has 0 aromatic heterocycles. The zero-order chi connectivity index (χ0) is 21.5. The summed E-state index contributed by atoms with van der Waals surface area (Å²) in [7, 11) is 0. The lowest BCUT2D eigenvalue weighted by Crippen LogP contribution is -2.13. The lowest BCUT2D eigenvalue weighted by Gasteiger charge is -2.12. The Kier molecular flexibility index (Phi) is 8.08. The van der Waals surface area contributed by atoms with E-state index in [-0.39, 0.29) is 5.57 Å². The maximum Gasteiger partial charge on any atom is 0.266 e. The second kappa shape index (κ2) is 10.8. The topological polar surface area (TPSA) is 62.1 Å². The fourth-order valence-electron chi connectivity index (χ4n) is 2.61. The van der Waals surface area contributed by atoms with Crippen molar-refractivity contribution in [3.05, 3.63) is 95.9 Å². The van der Waals surface area contributed by atoms with E-state index in [4.69, 9.17) is 4.74 Å². The van der Waals surface area contributed by atoms with E-state index in [1.807, 2.05) is 54.6 Å². The zero-order valence-corrected chi connectivity index (χ0v) is 20.9. The summed E-state index contributed by atoms with van der Waals surface area (Å²) in [5, 5.41) is 12.2. The first-order chi connectivity index (χ1) is 14.5. The van der Waals surface area contributed by atoms with Crippen LogP contribution in [0.1, 0.15) is 11.1 Å². The van der Waals surface area contributed by atoms with Crippen LogP contribution in [0.15, 0.2) is 81.2 Å². The molecule has 0 aliphatic heterocycles. The van der Waals surface area contributed by atoms with Crippen molar-refractivity contribution in [2.75, 3.05) is 5.32 Å². The molecule has 1 amide bonds. The summed E-state index contributed by atoms with van der Waals surface area (Å²) in [6, 6.07) is 22.8. The molecule has 0 spiro atoms. The van der Waals surface area contributed by atoms with Gasteiger partial charge in [-0.2, -0.15) is 5.26 Å². The second-order valence-electron chi connectivity index (χ2n) is 6.22. The van der Waals surface area contributed by atoms with Crippen LogP contribution < -0.4 is 10.1 Å². The molecule has 7 heteroatoms. The van der Waals surface area contributed by atoms with Crippen molar-refractivity contribution in [3.63, 3.8) is 0 Å². The second-order valence-corrected chi connectivity index (χ2v) is 9.18. The maximum absolute atomic E-state index is 12.5. The Balaban J connectivity index is 1.77. The van der Waals surface area contributed by atoms with Crippen LogP contribution >= 0.6 is 54.5 Å². The lowest BCUT2D eigenvalue weighted by atomic mass is 10.1. The SMILES string of the molecule is N#C/C(=C\c1cc(Br)c(OCc2ccccc2)c(Br)c1)C(=O)Nc1cccc(I)c1. The highest BCUT2D eigenvalue weighted by atomic mass is 127. The first-order valence-electron chi connectivity index (χ1n) is 8.81. The molecule has 0 heterocycles. The van der Waals surface area contributed by atoms with Crippen LogP contribution in [0, 0.1) is 14.9 Å². The summed E-state index contributed by atoms with van der Waals surface area (Å²) in [6.45, 7) is 0.426. The number of nitrogens with one attached hydrogen (secondary N) is 1. The fraction of sp³-hybridized carbons (Fsp3) is 0.0435. The van der Waals surface area contributed by atoms with Crippen LogP contribution in [0.3, 0.4) is 0 Å². The monoisotopic (exact) mass is 636 g/mol. The summed E-state index contributed by atoms with van der Waals surface area (Å²) in [6.07, 6.45) is 1.54. The molecule has 3 aromatic carbocycles. The Labute approximate surface area is 205 Å². The molecule has 0 unspecified atom stereocenters. The number of amides is 1. The minimum atomic E-state index is -0.462. The molecular formula is C23H15Br2IN2O2. The molecule has 0 fully saturated rings. The van der Waals surface area contributed by atoms with Crippen molar-refractivity contribution in [3.8, 4) is 11.8 Å². The number of hydrogen-bond acceptors (Lipinski definition) is 3. The van der Waals surface area contributed by atoms with Gasteiger partial charge in [-0.25, -0.2) is 0 Å². The fourth-order valence-corrected chi connectivity index (χ4v) is 4.60. The van der Waals surface area contributed by atoms with Gasteiger partial charge in [0.05, 0.1) is 8.95 Å². The normalized spacial score (nSPS) is 10.9. The minimum Gasteiger partial charge on any atom is -0.487 e. The van der Waals surface area contributed by atoms with Crippen molar-refractivity contribution in [1.82, 2.24) is 0 Å². The van der Waals surface area contributed by atoms with Crippen LogP contribution in [0.4, 0.5) is 5.69 Å². The van der Waals surface area contributed by atoms with E-state index >= 15 is 0 Å². The summed E-state index contributed by atoms with van der Waals surface area (Å²) in [5.41, 5.74) is 2.39. The van der Waals surface area contributed by atoms with Gasteiger partial charge < -0.3 is 10.1 Å². The predicted molar refractivity (Wildman–Crippen MR) is 134 cm³/mol. The molecular weight excluding hydrogens is 623 g/mol. The molecule has 150 valence electrons.